The number of anilines is 1. The van der Waals surface area contributed by atoms with Crippen molar-refractivity contribution in [3.63, 3.8) is 0 Å². The zero-order valence-corrected chi connectivity index (χ0v) is 18.7. The van der Waals surface area contributed by atoms with E-state index in [9.17, 15) is 13.2 Å². The lowest BCUT2D eigenvalue weighted by atomic mass is 9.87. The third-order valence-corrected chi connectivity index (χ3v) is 5.84. The number of nitrogens with one attached hydrogen (secondary N) is 1. The van der Waals surface area contributed by atoms with Gasteiger partial charge in [0, 0.05) is 0 Å². The van der Waals surface area contributed by atoms with Gasteiger partial charge in [0.1, 0.15) is 12.3 Å². The summed E-state index contributed by atoms with van der Waals surface area (Å²) in [5, 5.41) is 2.86. The number of carbonyl (C=O) groups excluding carboxylic acids is 1. The number of ether oxygens (including phenoxy) is 1. The van der Waals surface area contributed by atoms with E-state index in [-0.39, 0.29) is 23.9 Å². The summed E-state index contributed by atoms with van der Waals surface area (Å²) in [5.74, 6) is 0.355. The van der Waals surface area contributed by atoms with Crippen LogP contribution in [-0.4, -0.2) is 34.2 Å². The van der Waals surface area contributed by atoms with Gasteiger partial charge in [0.2, 0.25) is 15.9 Å². The van der Waals surface area contributed by atoms with Crippen LogP contribution in [0.3, 0.4) is 0 Å². The van der Waals surface area contributed by atoms with Crippen LogP contribution in [-0.2, 0) is 20.2 Å². The van der Waals surface area contributed by atoms with Gasteiger partial charge in [-0.2, -0.15) is 0 Å². The van der Waals surface area contributed by atoms with Crippen molar-refractivity contribution in [3.05, 3.63) is 59.7 Å². The van der Waals surface area contributed by atoms with Crippen LogP contribution in [0.25, 0.3) is 0 Å². The molecule has 29 heavy (non-hydrogen) atoms. The van der Waals surface area contributed by atoms with Gasteiger partial charge in [-0.15, -0.1) is 0 Å². The van der Waals surface area contributed by atoms with Gasteiger partial charge in [-0.1, -0.05) is 45.0 Å². The van der Waals surface area contributed by atoms with E-state index >= 15 is 0 Å². The molecule has 0 aromatic heterocycles. The molecule has 7 heteroatoms. The fraction of sp³-hybridized carbons (Fsp3) is 0.409. The molecular formula is C22H30N2O4S. The van der Waals surface area contributed by atoms with Crippen LogP contribution in [0.4, 0.5) is 5.69 Å². The fourth-order valence-corrected chi connectivity index (χ4v) is 3.78. The second-order valence-electron chi connectivity index (χ2n) is 8.13. The highest BCUT2D eigenvalue weighted by Crippen LogP contribution is 2.26. The lowest BCUT2D eigenvalue weighted by molar-refractivity contribution is -0.120. The first kappa shape index (κ1) is 22.7. The average molecular weight is 419 g/mol. The standard InChI is InChI=1S/C22H30N2O4S/c1-16(17-7-13-20(28-5)14-8-17)23-21(25)15-24(29(6,26)27)19-11-9-18(10-12-19)22(2,3)4/h7-14,16H,15H2,1-6H3,(H,23,25)/t16-/m1/s1. The molecule has 0 spiro atoms. The molecule has 0 unspecified atom stereocenters. The average Bonchev–Trinajstić information content (AvgIpc) is 2.64. The van der Waals surface area contributed by atoms with Crippen LogP contribution >= 0.6 is 0 Å². The van der Waals surface area contributed by atoms with Crippen molar-refractivity contribution in [2.45, 2.75) is 39.2 Å². The van der Waals surface area contributed by atoms with Crippen molar-refractivity contribution in [2.24, 2.45) is 0 Å². The predicted octanol–water partition coefficient (Wildman–Crippen LogP) is 3.64. The van der Waals surface area contributed by atoms with Crippen LogP contribution in [0.15, 0.2) is 48.5 Å². The maximum atomic E-state index is 12.6. The van der Waals surface area contributed by atoms with E-state index in [0.29, 0.717) is 5.69 Å². The number of nitrogens with zero attached hydrogens (tertiary/aromatic N) is 1. The molecule has 2 rings (SSSR count). The molecule has 0 aliphatic carbocycles. The zero-order valence-electron chi connectivity index (χ0n) is 17.9. The Labute approximate surface area is 173 Å². The predicted molar refractivity (Wildman–Crippen MR) is 117 cm³/mol. The zero-order chi connectivity index (χ0) is 21.8. The maximum absolute atomic E-state index is 12.6. The second kappa shape index (κ2) is 8.86. The molecule has 1 atom stereocenters. The molecule has 2 aromatic carbocycles. The number of sulfonamides is 1. The Morgan fingerprint density at radius 3 is 2.07 bits per heavy atom. The van der Waals surface area contributed by atoms with E-state index in [2.05, 4.69) is 26.1 Å². The molecule has 6 nitrogen and oxygen atoms in total. The Hall–Kier alpha value is -2.54. The summed E-state index contributed by atoms with van der Waals surface area (Å²) < 4.78 is 30.9. The lowest BCUT2D eigenvalue weighted by Gasteiger charge is -2.25. The molecule has 158 valence electrons. The molecule has 2 aromatic rings. The van der Waals surface area contributed by atoms with Gasteiger partial charge in [0.25, 0.3) is 0 Å². The van der Waals surface area contributed by atoms with Crippen LogP contribution in [0.5, 0.6) is 5.75 Å². The van der Waals surface area contributed by atoms with Crippen molar-refractivity contribution in [2.75, 3.05) is 24.2 Å². The molecule has 0 fully saturated rings. The highest BCUT2D eigenvalue weighted by Gasteiger charge is 2.23. The number of hydrogen-bond donors (Lipinski definition) is 1. The van der Waals surface area contributed by atoms with Crippen molar-refractivity contribution in [1.82, 2.24) is 5.32 Å². The molecule has 1 amide bonds. The first-order valence-corrected chi connectivity index (χ1v) is 11.3. The molecule has 0 radical (unpaired) electrons. The van der Waals surface area contributed by atoms with Crippen LogP contribution in [0, 0.1) is 0 Å². The van der Waals surface area contributed by atoms with Gasteiger partial charge in [-0.25, -0.2) is 8.42 Å². The molecule has 0 aliphatic rings. The Balaban J connectivity index is 2.14. The normalized spacial score (nSPS) is 12.9. The minimum Gasteiger partial charge on any atom is -0.497 e. The summed E-state index contributed by atoms with van der Waals surface area (Å²) in [6.45, 7) is 7.83. The quantitative estimate of drug-likeness (QED) is 0.745. The summed E-state index contributed by atoms with van der Waals surface area (Å²) in [4.78, 5) is 12.6. The van der Waals surface area contributed by atoms with Crippen LogP contribution < -0.4 is 14.4 Å². The Morgan fingerprint density at radius 2 is 1.62 bits per heavy atom. The monoisotopic (exact) mass is 418 g/mol. The number of benzene rings is 2. The molecule has 0 heterocycles. The molecule has 0 saturated heterocycles. The Morgan fingerprint density at radius 1 is 1.07 bits per heavy atom. The second-order valence-corrected chi connectivity index (χ2v) is 10.0. The number of carbonyl (C=O) groups is 1. The topological polar surface area (TPSA) is 75.7 Å². The van der Waals surface area contributed by atoms with Crippen molar-refractivity contribution < 1.29 is 17.9 Å². The number of methoxy groups -OCH3 is 1. The third-order valence-electron chi connectivity index (χ3n) is 4.70. The SMILES string of the molecule is COc1ccc([C@@H](C)NC(=O)CN(c2ccc(C(C)(C)C)cc2)S(C)(=O)=O)cc1. The molecule has 0 aliphatic heterocycles. The highest BCUT2D eigenvalue weighted by molar-refractivity contribution is 7.92. The summed E-state index contributed by atoms with van der Waals surface area (Å²) in [6, 6.07) is 14.4. The molecule has 1 N–H and O–H groups in total. The molecule has 0 saturated carbocycles. The largest absolute Gasteiger partial charge is 0.497 e. The molecular weight excluding hydrogens is 388 g/mol. The van der Waals surface area contributed by atoms with E-state index < -0.39 is 10.0 Å². The molecule has 0 bridgehead atoms. The van der Waals surface area contributed by atoms with Gasteiger partial charge < -0.3 is 10.1 Å². The first-order chi connectivity index (χ1) is 13.4. The van der Waals surface area contributed by atoms with E-state index in [1.165, 1.54) is 0 Å². The lowest BCUT2D eigenvalue weighted by Crippen LogP contribution is -2.41. The van der Waals surface area contributed by atoms with E-state index in [4.69, 9.17) is 4.74 Å². The fourth-order valence-electron chi connectivity index (χ4n) is 2.92. The number of rotatable bonds is 7. The van der Waals surface area contributed by atoms with Crippen LogP contribution in [0.2, 0.25) is 0 Å². The van der Waals surface area contributed by atoms with Crippen molar-refractivity contribution >= 4 is 21.6 Å². The summed E-state index contributed by atoms with van der Waals surface area (Å²) in [6.07, 6.45) is 1.10. The van der Waals surface area contributed by atoms with Crippen LogP contribution in [0.1, 0.15) is 44.9 Å². The third kappa shape index (κ3) is 6.22. The minimum atomic E-state index is -3.61. The van der Waals surface area contributed by atoms with Gasteiger partial charge in [-0.3, -0.25) is 9.10 Å². The van der Waals surface area contributed by atoms with Gasteiger partial charge in [0.05, 0.1) is 25.1 Å². The highest BCUT2D eigenvalue weighted by atomic mass is 32.2. The number of hydrogen-bond acceptors (Lipinski definition) is 4. The summed E-state index contributed by atoms with van der Waals surface area (Å²) in [5.41, 5.74) is 2.42. The van der Waals surface area contributed by atoms with E-state index in [1.807, 2.05) is 43.3 Å². The maximum Gasteiger partial charge on any atom is 0.241 e. The van der Waals surface area contributed by atoms with Gasteiger partial charge in [0.15, 0.2) is 0 Å². The van der Waals surface area contributed by atoms with E-state index in [0.717, 1.165) is 27.4 Å². The Bertz CT molecular complexity index is 930. The minimum absolute atomic E-state index is 0.0420. The smallest absolute Gasteiger partial charge is 0.241 e. The van der Waals surface area contributed by atoms with Gasteiger partial charge >= 0.3 is 0 Å². The van der Waals surface area contributed by atoms with Gasteiger partial charge in [-0.05, 0) is 47.7 Å². The number of amides is 1. The summed E-state index contributed by atoms with van der Waals surface area (Å²) in [7, 11) is -2.02. The van der Waals surface area contributed by atoms with Crippen molar-refractivity contribution in [1.29, 1.82) is 0 Å². The van der Waals surface area contributed by atoms with Crippen molar-refractivity contribution in [3.8, 4) is 5.75 Å². The van der Waals surface area contributed by atoms with E-state index in [1.54, 1.807) is 19.2 Å². The Kier molecular flexibility index (Phi) is 6.95. The summed E-state index contributed by atoms with van der Waals surface area (Å²) >= 11 is 0. The first-order valence-electron chi connectivity index (χ1n) is 9.43.